The van der Waals surface area contributed by atoms with Gasteiger partial charge in [0, 0.05) is 31.7 Å². The third-order valence-corrected chi connectivity index (χ3v) is 6.01. The molecule has 2 aliphatic heterocycles. The Labute approximate surface area is 150 Å². The Kier molecular flexibility index (Phi) is 4.84. The van der Waals surface area contributed by atoms with Gasteiger partial charge in [-0.25, -0.2) is 4.79 Å². The lowest BCUT2D eigenvalue weighted by molar-refractivity contribution is -0.971. The van der Waals surface area contributed by atoms with Crippen LogP contribution in [0.25, 0.3) is 0 Å². The molecule has 2 atom stereocenters. The Hall–Kier alpha value is -1.75. The molecule has 0 aromatic heterocycles. The van der Waals surface area contributed by atoms with Gasteiger partial charge >= 0.3 is 6.03 Å². The zero-order valence-corrected chi connectivity index (χ0v) is 15.1. The Balaban J connectivity index is 1.36. The summed E-state index contributed by atoms with van der Waals surface area (Å²) in [6.45, 7) is 2.54. The van der Waals surface area contributed by atoms with Crippen LogP contribution in [0.15, 0.2) is 24.3 Å². The van der Waals surface area contributed by atoms with Crippen molar-refractivity contribution in [2.24, 2.45) is 0 Å². The predicted molar refractivity (Wildman–Crippen MR) is 98.2 cm³/mol. The van der Waals surface area contributed by atoms with E-state index in [4.69, 9.17) is 4.74 Å². The Morgan fingerprint density at radius 2 is 1.84 bits per heavy atom. The molecule has 0 radical (unpaired) electrons. The molecule has 1 aromatic rings. The molecule has 25 heavy (non-hydrogen) atoms. The Bertz CT molecular complexity index is 603. The lowest BCUT2D eigenvalue weighted by Crippen LogP contribution is -3.22. The van der Waals surface area contributed by atoms with Gasteiger partial charge in [-0.15, -0.1) is 0 Å². The quantitative estimate of drug-likeness (QED) is 0.768. The summed E-state index contributed by atoms with van der Waals surface area (Å²) >= 11 is 0. The van der Waals surface area contributed by atoms with E-state index in [0.29, 0.717) is 12.6 Å². The van der Waals surface area contributed by atoms with Crippen LogP contribution in [0.3, 0.4) is 0 Å². The van der Waals surface area contributed by atoms with E-state index < -0.39 is 0 Å². The third-order valence-electron chi connectivity index (χ3n) is 6.01. The molecule has 0 spiro atoms. The van der Waals surface area contributed by atoms with Crippen molar-refractivity contribution in [3.05, 3.63) is 24.3 Å². The molecular formula is C20H30N3O2+. The average molecular weight is 344 g/mol. The lowest BCUT2D eigenvalue weighted by Gasteiger charge is -2.46. The summed E-state index contributed by atoms with van der Waals surface area (Å²) < 4.78 is 5.59. The van der Waals surface area contributed by atoms with Crippen LogP contribution < -0.4 is 20.3 Å². The number of anilines is 1. The summed E-state index contributed by atoms with van der Waals surface area (Å²) in [6, 6.07) is 10.2. The highest BCUT2D eigenvalue weighted by atomic mass is 16.5. The second-order valence-electron chi connectivity index (χ2n) is 7.79. The zero-order chi connectivity index (χ0) is 17.2. The second kappa shape index (κ2) is 7.24. The maximum absolute atomic E-state index is 12.5. The van der Waals surface area contributed by atoms with Crippen molar-refractivity contribution in [3.63, 3.8) is 0 Å². The minimum Gasteiger partial charge on any atom is -0.492 e. The topological polar surface area (TPSA) is 54.8 Å². The molecule has 4 rings (SSSR count). The van der Waals surface area contributed by atoms with E-state index >= 15 is 0 Å². The number of carbonyl (C=O) groups is 1. The molecular weight excluding hydrogens is 314 g/mol. The van der Waals surface area contributed by atoms with E-state index in [9.17, 15) is 4.79 Å². The number of piperidine rings is 2. The molecule has 5 heteroatoms. The summed E-state index contributed by atoms with van der Waals surface area (Å²) in [5.74, 6) is 0.727. The molecule has 136 valence electrons. The predicted octanol–water partition coefficient (Wildman–Crippen LogP) is 2.34. The maximum Gasteiger partial charge on any atom is 0.319 e. The van der Waals surface area contributed by atoms with Gasteiger partial charge in [-0.2, -0.15) is 0 Å². The van der Waals surface area contributed by atoms with E-state index in [1.165, 1.54) is 32.1 Å². The molecule has 1 aromatic carbocycles. The summed E-state index contributed by atoms with van der Waals surface area (Å²) in [6.07, 6.45) is 9.10. The number of urea groups is 1. The van der Waals surface area contributed by atoms with Gasteiger partial charge in [-0.05, 0) is 38.3 Å². The summed E-state index contributed by atoms with van der Waals surface area (Å²) in [5, 5.41) is 6.20. The third kappa shape index (κ3) is 3.76. The van der Waals surface area contributed by atoms with Crippen LogP contribution in [0.2, 0.25) is 0 Å². The van der Waals surface area contributed by atoms with Gasteiger partial charge in [0.2, 0.25) is 0 Å². The van der Waals surface area contributed by atoms with Crippen LogP contribution in [0.1, 0.15) is 51.9 Å². The van der Waals surface area contributed by atoms with Crippen molar-refractivity contribution in [2.75, 3.05) is 11.9 Å². The summed E-state index contributed by atoms with van der Waals surface area (Å²) in [5.41, 5.74) is 0.739. The molecule has 1 saturated carbocycles. The van der Waals surface area contributed by atoms with Crippen LogP contribution in [0.5, 0.6) is 5.75 Å². The van der Waals surface area contributed by atoms with Gasteiger partial charge in [-0.3, -0.25) is 0 Å². The Morgan fingerprint density at radius 1 is 1.12 bits per heavy atom. The van der Waals surface area contributed by atoms with Gasteiger partial charge < -0.3 is 20.3 Å². The SMILES string of the molecule is CCOc1ccccc1NC(=O)NC1C[C@H]2CCC[C@H](C1)[NH+]2C1CC1. The highest BCUT2D eigenvalue weighted by Gasteiger charge is 2.48. The van der Waals surface area contributed by atoms with Gasteiger partial charge in [-0.1, -0.05) is 12.1 Å². The van der Waals surface area contributed by atoms with Crippen molar-refractivity contribution in [2.45, 2.75) is 76.0 Å². The fourth-order valence-corrected chi connectivity index (χ4v) is 4.96. The van der Waals surface area contributed by atoms with Crippen molar-refractivity contribution < 1.29 is 14.4 Å². The van der Waals surface area contributed by atoms with Gasteiger partial charge in [0.25, 0.3) is 0 Å². The number of quaternary nitrogens is 1. The minimum absolute atomic E-state index is 0.106. The average Bonchev–Trinajstić information content (AvgIpc) is 3.41. The van der Waals surface area contributed by atoms with E-state index in [-0.39, 0.29) is 6.03 Å². The molecule has 2 saturated heterocycles. The number of fused-ring (bicyclic) bond motifs is 2. The molecule has 2 amide bonds. The number of amides is 2. The summed E-state index contributed by atoms with van der Waals surface area (Å²) in [4.78, 5) is 14.4. The molecule has 2 heterocycles. The monoisotopic (exact) mass is 344 g/mol. The van der Waals surface area contributed by atoms with Crippen molar-refractivity contribution in [1.82, 2.24) is 5.32 Å². The molecule has 1 aliphatic carbocycles. The Morgan fingerprint density at radius 3 is 2.52 bits per heavy atom. The highest BCUT2D eigenvalue weighted by molar-refractivity contribution is 5.91. The van der Waals surface area contributed by atoms with E-state index in [1.54, 1.807) is 0 Å². The minimum atomic E-state index is -0.106. The van der Waals surface area contributed by atoms with Crippen molar-refractivity contribution >= 4 is 11.7 Å². The number of carbonyl (C=O) groups excluding carboxylic acids is 1. The number of para-hydroxylation sites is 2. The zero-order valence-electron chi connectivity index (χ0n) is 15.1. The van der Waals surface area contributed by atoms with Crippen LogP contribution in [0.4, 0.5) is 10.5 Å². The maximum atomic E-state index is 12.5. The smallest absolute Gasteiger partial charge is 0.319 e. The first-order chi connectivity index (χ1) is 12.2. The second-order valence-corrected chi connectivity index (χ2v) is 7.79. The van der Waals surface area contributed by atoms with E-state index in [0.717, 1.165) is 42.4 Å². The molecule has 0 unspecified atom stereocenters. The fourth-order valence-electron chi connectivity index (χ4n) is 4.96. The summed E-state index contributed by atoms with van der Waals surface area (Å²) in [7, 11) is 0. The molecule has 5 nitrogen and oxygen atoms in total. The fraction of sp³-hybridized carbons (Fsp3) is 0.650. The van der Waals surface area contributed by atoms with Gasteiger partial charge in [0.15, 0.2) is 0 Å². The number of ether oxygens (including phenoxy) is 1. The van der Waals surface area contributed by atoms with E-state index in [2.05, 4.69) is 10.6 Å². The van der Waals surface area contributed by atoms with Crippen molar-refractivity contribution in [1.29, 1.82) is 0 Å². The molecule has 2 bridgehead atoms. The first-order valence-electron chi connectivity index (χ1n) is 9.90. The number of hydrogen-bond donors (Lipinski definition) is 3. The van der Waals surface area contributed by atoms with Crippen LogP contribution >= 0.6 is 0 Å². The standard InChI is InChI=1S/C20H29N3O2/c1-2-25-19-9-4-3-8-18(19)22-20(24)21-14-12-16-6-5-7-17(13-14)23(16)15-10-11-15/h3-4,8-9,14-17H,2,5-7,10-13H2,1H3,(H2,21,22,24)/p+1/t16-,17-/m1/s1. The van der Waals surface area contributed by atoms with Gasteiger partial charge in [0.05, 0.1) is 30.4 Å². The number of rotatable bonds is 5. The van der Waals surface area contributed by atoms with E-state index in [1.807, 2.05) is 36.1 Å². The normalized spacial score (nSPS) is 31.2. The lowest BCUT2D eigenvalue weighted by atomic mass is 9.81. The molecule has 3 N–H and O–H groups in total. The van der Waals surface area contributed by atoms with Crippen LogP contribution in [-0.4, -0.2) is 36.8 Å². The molecule has 3 fully saturated rings. The number of benzene rings is 1. The first kappa shape index (κ1) is 16.7. The first-order valence-corrected chi connectivity index (χ1v) is 9.90. The van der Waals surface area contributed by atoms with Crippen molar-refractivity contribution in [3.8, 4) is 5.75 Å². The number of nitrogens with one attached hydrogen (secondary N) is 3. The van der Waals surface area contributed by atoms with Crippen LogP contribution in [0, 0.1) is 0 Å². The largest absolute Gasteiger partial charge is 0.492 e. The van der Waals surface area contributed by atoms with Gasteiger partial charge in [0.1, 0.15) is 5.75 Å². The van der Waals surface area contributed by atoms with Crippen LogP contribution in [-0.2, 0) is 0 Å². The number of hydrogen-bond acceptors (Lipinski definition) is 2. The molecule has 3 aliphatic rings. The highest BCUT2D eigenvalue weighted by Crippen LogP contribution is 2.28.